The van der Waals surface area contributed by atoms with Gasteiger partial charge in [-0.25, -0.2) is 4.39 Å². The third-order valence-corrected chi connectivity index (χ3v) is 3.93. The van der Waals surface area contributed by atoms with Crippen molar-refractivity contribution in [1.29, 1.82) is 0 Å². The minimum atomic E-state index is -0.0487. The Morgan fingerprint density at radius 3 is 2.53 bits per heavy atom. The molecule has 0 bridgehead atoms. The number of hydrogen-bond donors (Lipinski definition) is 0. The summed E-state index contributed by atoms with van der Waals surface area (Å²) in [4.78, 5) is 0. The van der Waals surface area contributed by atoms with Gasteiger partial charge in [0.1, 0.15) is 5.82 Å². The van der Waals surface area contributed by atoms with Crippen LogP contribution < -0.4 is 0 Å². The van der Waals surface area contributed by atoms with E-state index in [0.29, 0.717) is 0 Å². The van der Waals surface area contributed by atoms with Crippen LogP contribution in [0.2, 0.25) is 0 Å². The van der Waals surface area contributed by atoms with Crippen molar-refractivity contribution in [2.45, 2.75) is 58.3 Å². The lowest BCUT2D eigenvalue weighted by Crippen LogP contribution is -2.09. The van der Waals surface area contributed by atoms with E-state index in [4.69, 9.17) is 0 Å². The van der Waals surface area contributed by atoms with E-state index in [2.05, 4.69) is 19.9 Å². The van der Waals surface area contributed by atoms with Gasteiger partial charge in [-0.05, 0) is 35.4 Å². The first-order valence-corrected chi connectivity index (χ1v) is 6.95. The average Bonchev–Trinajstić information content (AvgIpc) is 2.32. The van der Waals surface area contributed by atoms with Crippen LogP contribution in [0, 0.1) is 11.7 Å². The van der Waals surface area contributed by atoms with Gasteiger partial charge in [0, 0.05) is 0 Å². The van der Waals surface area contributed by atoms with Crippen molar-refractivity contribution < 1.29 is 4.39 Å². The van der Waals surface area contributed by atoms with Crippen molar-refractivity contribution in [2.24, 2.45) is 5.92 Å². The van der Waals surface area contributed by atoms with Gasteiger partial charge in [0.2, 0.25) is 0 Å². The summed E-state index contributed by atoms with van der Waals surface area (Å²) in [6.07, 6.45) is 8.01. The summed E-state index contributed by atoms with van der Waals surface area (Å²) < 4.78 is 13.6. The van der Waals surface area contributed by atoms with E-state index in [0.717, 1.165) is 17.9 Å². The number of hydrogen-bond acceptors (Lipinski definition) is 0. The molecule has 0 radical (unpaired) electrons. The summed E-state index contributed by atoms with van der Waals surface area (Å²) in [5.41, 5.74) is 2.19. The SMILES string of the molecule is CC(C)c1cc(CC2CCCCC2)ccc1F. The molecule has 0 N–H and O–H groups in total. The quantitative estimate of drug-likeness (QED) is 0.684. The predicted molar refractivity (Wildman–Crippen MR) is 70.8 cm³/mol. The Kier molecular flexibility index (Phi) is 4.20. The van der Waals surface area contributed by atoms with E-state index in [1.54, 1.807) is 6.07 Å². The van der Waals surface area contributed by atoms with Gasteiger partial charge in [-0.1, -0.05) is 58.1 Å². The molecule has 0 unspecified atom stereocenters. The van der Waals surface area contributed by atoms with Crippen LogP contribution in [-0.2, 0) is 6.42 Å². The second kappa shape index (κ2) is 5.66. The zero-order valence-corrected chi connectivity index (χ0v) is 11.0. The second-order valence-electron chi connectivity index (χ2n) is 5.72. The molecule has 0 heterocycles. The highest BCUT2D eigenvalue weighted by Gasteiger charge is 2.15. The molecule has 1 aromatic rings. The molecule has 1 heteroatoms. The first-order valence-electron chi connectivity index (χ1n) is 6.95. The van der Waals surface area contributed by atoms with Crippen LogP contribution >= 0.6 is 0 Å². The van der Waals surface area contributed by atoms with E-state index in [1.165, 1.54) is 37.7 Å². The van der Waals surface area contributed by atoms with Gasteiger partial charge in [-0.2, -0.15) is 0 Å². The molecule has 2 rings (SSSR count). The van der Waals surface area contributed by atoms with Gasteiger partial charge in [0.15, 0.2) is 0 Å². The van der Waals surface area contributed by atoms with Crippen LogP contribution in [0.4, 0.5) is 4.39 Å². The number of halogens is 1. The summed E-state index contributed by atoms with van der Waals surface area (Å²) in [7, 11) is 0. The average molecular weight is 234 g/mol. The molecular formula is C16H23F. The summed E-state index contributed by atoms with van der Waals surface area (Å²) >= 11 is 0. The van der Waals surface area contributed by atoms with E-state index >= 15 is 0 Å². The highest BCUT2D eigenvalue weighted by atomic mass is 19.1. The maximum atomic E-state index is 13.6. The molecule has 0 nitrogen and oxygen atoms in total. The molecule has 1 saturated carbocycles. The van der Waals surface area contributed by atoms with E-state index < -0.39 is 0 Å². The Morgan fingerprint density at radius 2 is 1.88 bits per heavy atom. The maximum absolute atomic E-state index is 13.6. The molecule has 1 aliphatic rings. The lowest BCUT2D eigenvalue weighted by atomic mass is 9.84. The number of rotatable bonds is 3. The van der Waals surface area contributed by atoms with Crippen LogP contribution in [0.25, 0.3) is 0 Å². The lowest BCUT2D eigenvalue weighted by Gasteiger charge is -2.22. The topological polar surface area (TPSA) is 0 Å². The van der Waals surface area contributed by atoms with Crippen LogP contribution in [0.1, 0.15) is 63.0 Å². The van der Waals surface area contributed by atoms with Gasteiger partial charge in [-0.15, -0.1) is 0 Å². The zero-order valence-electron chi connectivity index (χ0n) is 11.0. The Bertz CT molecular complexity index is 362. The van der Waals surface area contributed by atoms with Gasteiger partial charge in [0.05, 0.1) is 0 Å². The Morgan fingerprint density at radius 1 is 1.18 bits per heavy atom. The Balaban J connectivity index is 2.07. The fraction of sp³-hybridized carbons (Fsp3) is 0.625. The van der Waals surface area contributed by atoms with Crippen LogP contribution in [0.5, 0.6) is 0 Å². The molecule has 0 saturated heterocycles. The number of benzene rings is 1. The van der Waals surface area contributed by atoms with Crippen LogP contribution in [0.3, 0.4) is 0 Å². The molecule has 1 aliphatic carbocycles. The van der Waals surface area contributed by atoms with E-state index in [9.17, 15) is 4.39 Å². The van der Waals surface area contributed by atoms with Gasteiger partial charge < -0.3 is 0 Å². The molecule has 0 atom stereocenters. The zero-order chi connectivity index (χ0) is 12.3. The fourth-order valence-corrected chi connectivity index (χ4v) is 2.89. The molecule has 1 fully saturated rings. The largest absolute Gasteiger partial charge is 0.207 e. The van der Waals surface area contributed by atoms with Crippen molar-refractivity contribution in [3.05, 3.63) is 35.1 Å². The first-order chi connectivity index (χ1) is 8.16. The summed E-state index contributed by atoms with van der Waals surface area (Å²) in [5.74, 6) is 1.06. The third kappa shape index (κ3) is 3.31. The normalized spacial score (nSPS) is 17.6. The molecular weight excluding hydrogens is 211 g/mol. The molecule has 94 valence electrons. The standard InChI is InChI=1S/C16H23F/c1-12(2)15-11-14(8-9-16(15)17)10-13-6-4-3-5-7-13/h8-9,11-13H,3-7,10H2,1-2H3. The Hall–Kier alpha value is -0.850. The molecule has 17 heavy (non-hydrogen) atoms. The summed E-state index contributed by atoms with van der Waals surface area (Å²) in [5, 5.41) is 0. The summed E-state index contributed by atoms with van der Waals surface area (Å²) in [6, 6.07) is 5.69. The molecule has 1 aromatic carbocycles. The molecule has 0 aliphatic heterocycles. The molecule has 0 aromatic heterocycles. The van der Waals surface area contributed by atoms with Gasteiger partial charge >= 0.3 is 0 Å². The maximum Gasteiger partial charge on any atom is 0.126 e. The van der Waals surface area contributed by atoms with Gasteiger partial charge in [0.25, 0.3) is 0 Å². The predicted octanol–water partition coefficient (Wildman–Crippen LogP) is 5.07. The third-order valence-electron chi connectivity index (χ3n) is 3.93. The van der Waals surface area contributed by atoms with E-state index in [1.807, 2.05) is 6.07 Å². The van der Waals surface area contributed by atoms with Crippen molar-refractivity contribution in [3.8, 4) is 0 Å². The first kappa shape index (κ1) is 12.6. The highest BCUT2D eigenvalue weighted by molar-refractivity contribution is 5.27. The van der Waals surface area contributed by atoms with Crippen LogP contribution in [-0.4, -0.2) is 0 Å². The van der Waals surface area contributed by atoms with Crippen molar-refractivity contribution in [2.75, 3.05) is 0 Å². The summed E-state index contributed by atoms with van der Waals surface area (Å²) in [6.45, 7) is 4.12. The minimum Gasteiger partial charge on any atom is -0.207 e. The monoisotopic (exact) mass is 234 g/mol. The highest BCUT2D eigenvalue weighted by Crippen LogP contribution is 2.28. The molecule has 0 spiro atoms. The minimum absolute atomic E-state index is 0.0487. The van der Waals surface area contributed by atoms with E-state index in [-0.39, 0.29) is 11.7 Å². The Labute approximate surface area is 104 Å². The fourth-order valence-electron chi connectivity index (χ4n) is 2.89. The smallest absolute Gasteiger partial charge is 0.126 e. The van der Waals surface area contributed by atoms with Crippen LogP contribution in [0.15, 0.2) is 18.2 Å². The van der Waals surface area contributed by atoms with Crippen molar-refractivity contribution in [1.82, 2.24) is 0 Å². The lowest BCUT2D eigenvalue weighted by molar-refractivity contribution is 0.356. The second-order valence-corrected chi connectivity index (χ2v) is 5.72. The van der Waals surface area contributed by atoms with Crippen molar-refractivity contribution in [3.63, 3.8) is 0 Å². The van der Waals surface area contributed by atoms with Crippen molar-refractivity contribution >= 4 is 0 Å². The molecule has 0 amide bonds. The van der Waals surface area contributed by atoms with Gasteiger partial charge in [-0.3, -0.25) is 0 Å².